The Hall–Kier alpha value is -1.71. The van der Waals surface area contributed by atoms with E-state index in [1.54, 1.807) is 12.1 Å². The smallest absolute Gasteiger partial charge is 0.191 e. The molecule has 0 spiro atoms. The Morgan fingerprint density at radius 2 is 2.08 bits per heavy atom. The van der Waals surface area contributed by atoms with Crippen LogP contribution in [0.5, 0.6) is 0 Å². The third-order valence-corrected chi connectivity index (χ3v) is 3.50. The normalized spacial score (nSPS) is 11.1. The Balaban J connectivity index is 0.00000288. The maximum Gasteiger partial charge on any atom is 0.191 e. The number of aliphatic imine (C=N–C) groups is 1. The number of nitrogens with zero attached hydrogens (tertiary/aromatic N) is 4. The van der Waals surface area contributed by atoms with Gasteiger partial charge >= 0.3 is 0 Å². The second-order valence-corrected chi connectivity index (χ2v) is 5.22. The quantitative estimate of drug-likeness (QED) is 0.406. The Morgan fingerprint density at radius 1 is 1.29 bits per heavy atom. The monoisotopic (exact) mass is 446 g/mol. The molecule has 1 heterocycles. The molecule has 0 aliphatic heterocycles. The first-order valence-electron chi connectivity index (χ1n) is 7.71. The van der Waals surface area contributed by atoms with Crippen LogP contribution in [0.1, 0.15) is 24.1 Å². The molecule has 0 unspecified atom stereocenters. The van der Waals surface area contributed by atoms with E-state index < -0.39 is 0 Å². The lowest BCUT2D eigenvalue weighted by atomic mass is 10.1. The molecule has 6 nitrogen and oxygen atoms in total. The van der Waals surface area contributed by atoms with Gasteiger partial charge in [0, 0.05) is 20.1 Å². The second-order valence-electron chi connectivity index (χ2n) is 5.22. The van der Waals surface area contributed by atoms with E-state index >= 15 is 0 Å². The van der Waals surface area contributed by atoms with Crippen LogP contribution in [0.25, 0.3) is 0 Å². The molecule has 8 heteroatoms. The largest absolute Gasteiger partial charge is 0.357 e. The summed E-state index contributed by atoms with van der Waals surface area (Å²) in [5, 5.41) is 14.5. The number of aromatic nitrogens is 3. The molecule has 0 saturated carbocycles. The van der Waals surface area contributed by atoms with Crippen LogP contribution in [0, 0.1) is 12.7 Å². The highest BCUT2D eigenvalue weighted by molar-refractivity contribution is 14.0. The number of rotatable bonds is 6. The first kappa shape index (κ1) is 20.3. The van der Waals surface area contributed by atoms with Crippen molar-refractivity contribution < 1.29 is 4.39 Å². The number of aryl methyl sites for hydroxylation is 1. The molecule has 0 atom stereocenters. The van der Waals surface area contributed by atoms with Crippen molar-refractivity contribution in [3.8, 4) is 0 Å². The van der Waals surface area contributed by atoms with E-state index in [4.69, 9.17) is 0 Å². The maximum atomic E-state index is 13.2. The van der Waals surface area contributed by atoms with Crippen molar-refractivity contribution in [1.29, 1.82) is 0 Å². The molecule has 0 bridgehead atoms. The van der Waals surface area contributed by atoms with E-state index in [-0.39, 0.29) is 29.8 Å². The average molecular weight is 446 g/mol. The van der Waals surface area contributed by atoms with Gasteiger partial charge in [-0.25, -0.2) is 9.38 Å². The lowest BCUT2D eigenvalue weighted by molar-refractivity contribution is 0.625. The van der Waals surface area contributed by atoms with Gasteiger partial charge in [-0.2, -0.15) is 0 Å². The summed E-state index contributed by atoms with van der Waals surface area (Å²) >= 11 is 0. The van der Waals surface area contributed by atoms with Crippen molar-refractivity contribution in [3.63, 3.8) is 0 Å². The van der Waals surface area contributed by atoms with Gasteiger partial charge in [-0.05, 0) is 38.0 Å². The fraction of sp³-hybridized carbons (Fsp3) is 0.438. The molecule has 0 amide bonds. The Morgan fingerprint density at radius 3 is 2.71 bits per heavy atom. The summed E-state index contributed by atoms with van der Waals surface area (Å²) in [5.41, 5.74) is 0.956. The van der Waals surface area contributed by atoms with Crippen LogP contribution in [-0.2, 0) is 20.0 Å². The van der Waals surface area contributed by atoms with Gasteiger partial charge in [-0.15, -0.1) is 34.2 Å². The van der Waals surface area contributed by atoms with E-state index in [1.165, 1.54) is 6.07 Å². The zero-order chi connectivity index (χ0) is 16.7. The summed E-state index contributed by atoms with van der Waals surface area (Å²) in [4.78, 5) is 4.50. The van der Waals surface area contributed by atoms with E-state index in [0.29, 0.717) is 19.0 Å². The minimum atomic E-state index is -0.208. The SMILES string of the molecule is CCNC(=NCc1nnc(C)n1C)NCCc1cccc(F)c1.I. The van der Waals surface area contributed by atoms with Gasteiger partial charge in [0.25, 0.3) is 0 Å². The molecule has 2 aromatic rings. The zero-order valence-electron chi connectivity index (χ0n) is 14.2. The fourth-order valence-corrected chi connectivity index (χ4v) is 2.10. The van der Waals surface area contributed by atoms with Crippen LogP contribution in [-0.4, -0.2) is 33.8 Å². The zero-order valence-corrected chi connectivity index (χ0v) is 16.5. The van der Waals surface area contributed by atoms with Gasteiger partial charge < -0.3 is 15.2 Å². The molecule has 0 aliphatic rings. The summed E-state index contributed by atoms with van der Waals surface area (Å²) in [6.45, 7) is 5.81. The molecule has 0 radical (unpaired) electrons. The summed E-state index contributed by atoms with van der Waals surface area (Å²) < 4.78 is 15.1. The number of nitrogens with one attached hydrogen (secondary N) is 2. The first-order valence-corrected chi connectivity index (χ1v) is 7.71. The standard InChI is InChI=1S/C16H23FN6.HI/c1-4-18-16(20-11-15-22-21-12(2)23(15)3)19-9-8-13-6-5-7-14(17)10-13;/h5-7,10H,4,8-9,11H2,1-3H3,(H2,18,19,20);1H. The highest BCUT2D eigenvalue weighted by atomic mass is 127. The molecule has 0 fully saturated rings. The topological polar surface area (TPSA) is 67.1 Å². The molecule has 2 rings (SSSR count). The van der Waals surface area contributed by atoms with Gasteiger partial charge in [0.05, 0.1) is 0 Å². The van der Waals surface area contributed by atoms with Crippen LogP contribution >= 0.6 is 24.0 Å². The third-order valence-electron chi connectivity index (χ3n) is 3.50. The molecule has 1 aromatic carbocycles. The molecular formula is C16H24FIN6. The van der Waals surface area contributed by atoms with Crippen molar-refractivity contribution >= 4 is 29.9 Å². The third kappa shape index (κ3) is 6.06. The van der Waals surface area contributed by atoms with Gasteiger partial charge in [-0.3, -0.25) is 0 Å². The summed E-state index contributed by atoms with van der Waals surface area (Å²) in [7, 11) is 1.92. The Labute approximate surface area is 159 Å². The van der Waals surface area contributed by atoms with Crippen molar-refractivity contribution in [2.45, 2.75) is 26.8 Å². The number of hydrogen-bond donors (Lipinski definition) is 2. The maximum absolute atomic E-state index is 13.2. The van der Waals surface area contributed by atoms with Gasteiger partial charge in [0.1, 0.15) is 18.2 Å². The molecule has 0 saturated heterocycles. The second kappa shape index (κ2) is 10.2. The van der Waals surface area contributed by atoms with Crippen LogP contribution in [0.3, 0.4) is 0 Å². The predicted molar refractivity (Wildman–Crippen MR) is 104 cm³/mol. The summed E-state index contributed by atoms with van der Waals surface area (Å²) in [5.74, 6) is 2.18. The minimum absolute atomic E-state index is 0. The van der Waals surface area contributed by atoms with Crippen molar-refractivity contribution in [3.05, 3.63) is 47.3 Å². The average Bonchev–Trinajstić information content (AvgIpc) is 2.84. The Kier molecular flexibility index (Phi) is 8.66. The highest BCUT2D eigenvalue weighted by Gasteiger charge is 2.05. The molecule has 0 aliphatic carbocycles. The van der Waals surface area contributed by atoms with Crippen molar-refractivity contribution in [2.24, 2.45) is 12.0 Å². The van der Waals surface area contributed by atoms with Gasteiger partial charge in [0.2, 0.25) is 0 Å². The van der Waals surface area contributed by atoms with Crippen LogP contribution in [0.15, 0.2) is 29.3 Å². The Bertz CT molecular complexity index is 670. The van der Waals surface area contributed by atoms with Crippen LogP contribution in [0.4, 0.5) is 4.39 Å². The lowest BCUT2D eigenvalue weighted by Crippen LogP contribution is -2.38. The summed E-state index contributed by atoms with van der Waals surface area (Å²) in [6, 6.07) is 6.64. The van der Waals surface area contributed by atoms with Crippen molar-refractivity contribution in [2.75, 3.05) is 13.1 Å². The van der Waals surface area contributed by atoms with Crippen molar-refractivity contribution in [1.82, 2.24) is 25.4 Å². The molecule has 2 N–H and O–H groups in total. The fourth-order valence-electron chi connectivity index (χ4n) is 2.10. The van der Waals surface area contributed by atoms with E-state index in [1.807, 2.05) is 31.5 Å². The highest BCUT2D eigenvalue weighted by Crippen LogP contribution is 2.03. The number of guanidine groups is 1. The lowest BCUT2D eigenvalue weighted by Gasteiger charge is -2.11. The van der Waals surface area contributed by atoms with E-state index in [2.05, 4.69) is 25.8 Å². The van der Waals surface area contributed by atoms with E-state index in [0.717, 1.165) is 30.2 Å². The predicted octanol–water partition coefficient (Wildman–Crippen LogP) is 2.18. The summed E-state index contributed by atoms with van der Waals surface area (Å²) in [6.07, 6.45) is 0.727. The minimum Gasteiger partial charge on any atom is -0.357 e. The van der Waals surface area contributed by atoms with Crippen LogP contribution in [0.2, 0.25) is 0 Å². The number of benzene rings is 1. The molecular weight excluding hydrogens is 422 g/mol. The number of halogens is 2. The molecule has 24 heavy (non-hydrogen) atoms. The molecule has 1 aromatic heterocycles. The molecule has 132 valence electrons. The number of hydrogen-bond acceptors (Lipinski definition) is 3. The van der Waals surface area contributed by atoms with Gasteiger partial charge in [0.15, 0.2) is 11.8 Å². The van der Waals surface area contributed by atoms with Crippen LogP contribution < -0.4 is 10.6 Å². The first-order chi connectivity index (χ1) is 11.1. The van der Waals surface area contributed by atoms with Gasteiger partial charge in [-0.1, -0.05) is 12.1 Å². The van der Waals surface area contributed by atoms with E-state index in [9.17, 15) is 4.39 Å².